The average molecular weight is 194 g/mol. The Balaban J connectivity index is 2.58. The largest absolute Gasteiger partial charge is 0.478 e. The van der Waals surface area contributed by atoms with E-state index in [1.54, 1.807) is 19.1 Å². The molecule has 0 heterocycles. The van der Waals surface area contributed by atoms with Crippen LogP contribution >= 0.6 is 0 Å². The summed E-state index contributed by atoms with van der Waals surface area (Å²) in [7, 11) is 0. The molecular formula is C10H10O4. The Hall–Kier alpha value is -1.58. The first-order valence-electron chi connectivity index (χ1n) is 4.36. The van der Waals surface area contributed by atoms with Crippen molar-refractivity contribution >= 4 is 11.9 Å². The molecule has 0 aliphatic heterocycles. The van der Waals surface area contributed by atoms with Crippen molar-refractivity contribution < 1.29 is 19.8 Å². The second-order valence-electron chi connectivity index (χ2n) is 3.99. The minimum atomic E-state index is -1.11. The minimum absolute atomic E-state index is 0.0532. The van der Waals surface area contributed by atoms with Gasteiger partial charge < -0.3 is 10.2 Å². The van der Waals surface area contributed by atoms with Crippen LogP contribution in [0.25, 0.3) is 0 Å². The van der Waals surface area contributed by atoms with Crippen LogP contribution in [0.2, 0.25) is 0 Å². The van der Waals surface area contributed by atoms with E-state index in [9.17, 15) is 9.59 Å². The molecule has 0 aromatic rings. The molecule has 0 amide bonds. The highest BCUT2D eigenvalue weighted by Gasteiger charge is 2.49. The number of fused-ring (bicyclic) bond motifs is 2. The van der Waals surface area contributed by atoms with Crippen LogP contribution in [0, 0.1) is 11.3 Å². The molecule has 0 aromatic heterocycles. The molecule has 2 aliphatic carbocycles. The molecule has 2 aliphatic rings. The van der Waals surface area contributed by atoms with Crippen molar-refractivity contribution in [3.05, 3.63) is 23.3 Å². The van der Waals surface area contributed by atoms with E-state index in [1.807, 2.05) is 0 Å². The molecule has 4 heteroatoms. The van der Waals surface area contributed by atoms with Gasteiger partial charge in [-0.1, -0.05) is 19.1 Å². The molecule has 74 valence electrons. The molecule has 2 unspecified atom stereocenters. The summed E-state index contributed by atoms with van der Waals surface area (Å²) in [5.74, 6) is -2.44. The van der Waals surface area contributed by atoms with Crippen LogP contribution in [-0.4, -0.2) is 22.2 Å². The highest BCUT2D eigenvalue weighted by atomic mass is 16.4. The molecule has 0 saturated heterocycles. The predicted octanol–water partition coefficient (Wildman–Crippen LogP) is 1.05. The molecule has 14 heavy (non-hydrogen) atoms. The lowest BCUT2D eigenvalue weighted by Gasteiger charge is -2.19. The molecular weight excluding hydrogens is 184 g/mol. The lowest BCUT2D eigenvalue weighted by atomic mass is 9.84. The zero-order valence-electron chi connectivity index (χ0n) is 7.65. The molecule has 0 spiro atoms. The van der Waals surface area contributed by atoms with Gasteiger partial charge in [-0.3, -0.25) is 0 Å². The van der Waals surface area contributed by atoms with E-state index in [1.165, 1.54) is 0 Å². The van der Waals surface area contributed by atoms with Crippen molar-refractivity contribution in [3.63, 3.8) is 0 Å². The monoisotopic (exact) mass is 194 g/mol. The fraction of sp³-hybridized carbons (Fsp3) is 0.400. The lowest BCUT2D eigenvalue weighted by molar-refractivity contribution is -0.136. The Morgan fingerprint density at radius 1 is 1.43 bits per heavy atom. The zero-order valence-corrected chi connectivity index (χ0v) is 7.65. The highest BCUT2D eigenvalue weighted by Crippen LogP contribution is 2.52. The van der Waals surface area contributed by atoms with Crippen molar-refractivity contribution in [2.45, 2.75) is 13.3 Å². The molecule has 2 bridgehead atoms. The molecule has 2 atom stereocenters. The van der Waals surface area contributed by atoms with Crippen LogP contribution in [0.1, 0.15) is 13.3 Å². The summed E-state index contributed by atoms with van der Waals surface area (Å²) in [6, 6.07) is 0. The summed E-state index contributed by atoms with van der Waals surface area (Å²) in [6.07, 6.45) is 4.17. The van der Waals surface area contributed by atoms with Gasteiger partial charge in [-0.05, 0) is 6.42 Å². The Morgan fingerprint density at radius 3 is 2.50 bits per heavy atom. The van der Waals surface area contributed by atoms with Gasteiger partial charge in [0.2, 0.25) is 0 Å². The first kappa shape index (κ1) is 8.99. The SMILES string of the molecule is CC12C=CC(C1)C(C(=O)O)=C2C(=O)O. The van der Waals surface area contributed by atoms with Crippen LogP contribution in [0.4, 0.5) is 0 Å². The Kier molecular flexibility index (Phi) is 1.58. The van der Waals surface area contributed by atoms with Crippen LogP contribution in [0.5, 0.6) is 0 Å². The maximum absolute atomic E-state index is 11.0. The fourth-order valence-corrected chi connectivity index (χ4v) is 2.42. The molecule has 0 aromatic carbocycles. The number of carboxylic acids is 2. The maximum Gasteiger partial charge on any atom is 0.333 e. The Bertz CT molecular complexity index is 391. The van der Waals surface area contributed by atoms with Gasteiger partial charge in [-0.15, -0.1) is 0 Å². The number of aliphatic carboxylic acids is 2. The predicted molar refractivity (Wildman–Crippen MR) is 47.7 cm³/mol. The van der Waals surface area contributed by atoms with Crippen molar-refractivity contribution in [2.24, 2.45) is 11.3 Å². The number of hydrogen-bond acceptors (Lipinski definition) is 2. The molecule has 4 nitrogen and oxygen atoms in total. The lowest BCUT2D eigenvalue weighted by Crippen LogP contribution is -2.20. The third kappa shape index (κ3) is 0.937. The van der Waals surface area contributed by atoms with Crippen molar-refractivity contribution in [1.82, 2.24) is 0 Å². The highest BCUT2D eigenvalue weighted by molar-refractivity contribution is 6.02. The zero-order chi connectivity index (χ0) is 10.5. The molecule has 0 fully saturated rings. The first-order valence-corrected chi connectivity index (χ1v) is 4.36. The second kappa shape index (κ2) is 2.47. The smallest absolute Gasteiger partial charge is 0.333 e. The molecule has 0 radical (unpaired) electrons. The van der Waals surface area contributed by atoms with Gasteiger partial charge in [0, 0.05) is 11.3 Å². The summed E-state index contributed by atoms with van der Waals surface area (Å²) >= 11 is 0. The van der Waals surface area contributed by atoms with Gasteiger partial charge in [0.1, 0.15) is 0 Å². The van der Waals surface area contributed by atoms with Gasteiger partial charge in [0.25, 0.3) is 0 Å². The summed E-state index contributed by atoms with van der Waals surface area (Å²) in [5.41, 5.74) is -0.468. The van der Waals surface area contributed by atoms with Crippen LogP contribution in [-0.2, 0) is 9.59 Å². The van der Waals surface area contributed by atoms with E-state index >= 15 is 0 Å². The van der Waals surface area contributed by atoms with E-state index in [4.69, 9.17) is 10.2 Å². The second-order valence-corrected chi connectivity index (χ2v) is 3.99. The minimum Gasteiger partial charge on any atom is -0.478 e. The standard InChI is InChI=1S/C10H10O4/c1-10-3-2-5(4-10)6(8(11)12)7(10)9(13)14/h2-3,5H,4H2,1H3,(H,11,12)(H,13,14). The Morgan fingerprint density at radius 2 is 2.07 bits per heavy atom. The van der Waals surface area contributed by atoms with E-state index in [2.05, 4.69) is 0 Å². The summed E-state index contributed by atoms with van der Waals surface area (Å²) in [5, 5.41) is 17.9. The number of allylic oxidation sites excluding steroid dienone is 2. The van der Waals surface area contributed by atoms with Crippen molar-refractivity contribution in [2.75, 3.05) is 0 Å². The summed E-state index contributed by atoms with van der Waals surface area (Å²) in [6.45, 7) is 1.77. The Labute approximate surface area is 80.5 Å². The summed E-state index contributed by atoms with van der Waals surface area (Å²) < 4.78 is 0. The number of hydrogen-bond donors (Lipinski definition) is 2. The quantitative estimate of drug-likeness (QED) is 0.644. The van der Waals surface area contributed by atoms with E-state index in [0.717, 1.165) is 0 Å². The maximum atomic E-state index is 11.0. The van der Waals surface area contributed by atoms with Crippen LogP contribution in [0.15, 0.2) is 23.3 Å². The third-order valence-electron chi connectivity index (χ3n) is 3.00. The molecule has 2 rings (SSSR count). The van der Waals surface area contributed by atoms with Gasteiger partial charge in [-0.2, -0.15) is 0 Å². The summed E-state index contributed by atoms with van der Waals surface area (Å²) in [4.78, 5) is 21.8. The first-order chi connectivity index (χ1) is 6.46. The number of rotatable bonds is 2. The van der Waals surface area contributed by atoms with Crippen molar-refractivity contribution in [1.29, 1.82) is 0 Å². The topological polar surface area (TPSA) is 74.6 Å². The molecule has 0 saturated carbocycles. The van der Waals surface area contributed by atoms with E-state index in [0.29, 0.717) is 6.42 Å². The van der Waals surface area contributed by atoms with Crippen molar-refractivity contribution in [3.8, 4) is 0 Å². The van der Waals surface area contributed by atoms with Crippen LogP contribution < -0.4 is 0 Å². The van der Waals surface area contributed by atoms with Gasteiger partial charge in [0.15, 0.2) is 0 Å². The van der Waals surface area contributed by atoms with E-state index in [-0.39, 0.29) is 17.1 Å². The van der Waals surface area contributed by atoms with Gasteiger partial charge in [0.05, 0.1) is 11.1 Å². The molecule has 2 N–H and O–H groups in total. The normalized spacial score (nSPS) is 33.9. The third-order valence-corrected chi connectivity index (χ3v) is 3.00. The van der Waals surface area contributed by atoms with Gasteiger partial charge in [-0.25, -0.2) is 9.59 Å². The van der Waals surface area contributed by atoms with Gasteiger partial charge >= 0.3 is 11.9 Å². The van der Waals surface area contributed by atoms with E-state index < -0.39 is 17.4 Å². The average Bonchev–Trinajstić information content (AvgIpc) is 2.55. The number of carbonyl (C=O) groups is 2. The fourth-order valence-electron chi connectivity index (χ4n) is 2.42. The number of carboxylic acid groups (broad SMARTS) is 2. The van der Waals surface area contributed by atoms with Crippen LogP contribution in [0.3, 0.4) is 0 Å².